The van der Waals surface area contributed by atoms with Crippen LogP contribution in [0.4, 0.5) is 5.88 Å². The van der Waals surface area contributed by atoms with E-state index in [-0.39, 0.29) is 17.4 Å². The summed E-state index contributed by atoms with van der Waals surface area (Å²) in [6.45, 7) is 1.66. The molecule has 1 rings (SSSR count). The Hall–Kier alpha value is -1.56. The van der Waals surface area contributed by atoms with E-state index in [2.05, 4.69) is 15.1 Å². The molecule has 1 aromatic rings. The van der Waals surface area contributed by atoms with E-state index < -0.39 is 0 Å². The summed E-state index contributed by atoms with van der Waals surface area (Å²) in [6, 6.07) is 0. The minimum atomic E-state index is -0.318. The van der Waals surface area contributed by atoms with Gasteiger partial charge in [-0.05, 0) is 6.92 Å². The van der Waals surface area contributed by atoms with Gasteiger partial charge in [-0.25, -0.2) is 5.01 Å². The van der Waals surface area contributed by atoms with Crippen molar-refractivity contribution in [2.45, 2.75) is 6.92 Å². The zero-order chi connectivity index (χ0) is 10.0. The summed E-state index contributed by atoms with van der Waals surface area (Å²) in [5.41, 5.74) is 8.72. The lowest BCUT2D eigenvalue weighted by Gasteiger charge is -2.10. The molecule has 0 fully saturated rings. The molecule has 6 nitrogen and oxygen atoms in total. The smallest absolute Gasteiger partial charge is 0.273 e. The molecule has 0 aromatic carbocycles. The van der Waals surface area contributed by atoms with Crippen molar-refractivity contribution in [3.63, 3.8) is 0 Å². The van der Waals surface area contributed by atoms with Gasteiger partial charge in [-0.2, -0.15) is 0 Å². The standard InChI is InChI=1S/C7H12N4O2/c1-4-5(6(8)13-10-4)7(12)9-11(2)3/h8H2,1-3H3,(H,9,12). The number of anilines is 1. The molecule has 1 heterocycles. The van der Waals surface area contributed by atoms with Crippen LogP contribution in [0.25, 0.3) is 0 Å². The van der Waals surface area contributed by atoms with Gasteiger partial charge in [0.25, 0.3) is 5.91 Å². The number of nitrogens with one attached hydrogen (secondary N) is 1. The third-order valence-corrected chi connectivity index (χ3v) is 1.44. The molecule has 0 radical (unpaired) electrons. The lowest BCUT2D eigenvalue weighted by Crippen LogP contribution is -2.36. The fourth-order valence-electron chi connectivity index (χ4n) is 0.922. The first-order valence-corrected chi connectivity index (χ1v) is 3.72. The zero-order valence-electron chi connectivity index (χ0n) is 7.79. The minimum absolute atomic E-state index is 0.0388. The maximum atomic E-state index is 11.4. The highest BCUT2D eigenvalue weighted by atomic mass is 16.5. The van der Waals surface area contributed by atoms with Crippen LogP contribution in [0.5, 0.6) is 0 Å². The minimum Gasteiger partial charge on any atom is -0.367 e. The predicted octanol–water partition coefficient (Wildman–Crippen LogP) is -0.228. The quantitative estimate of drug-likeness (QED) is 0.620. The molecule has 0 aliphatic carbocycles. The van der Waals surface area contributed by atoms with E-state index in [1.807, 2.05) is 0 Å². The topological polar surface area (TPSA) is 84.4 Å². The number of aryl methyl sites for hydroxylation is 1. The van der Waals surface area contributed by atoms with Gasteiger partial charge >= 0.3 is 0 Å². The molecule has 0 aliphatic rings. The summed E-state index contributed by atoms with van der Waals surface area (Å²) < 4.78 is 4.65. The highest BCUT2D eigenvalue weighted by Crippen LogP contribution is 2.14. The van der Waals surface area contributed by atoms with E-state index in [0.717, 1.165) is 0 Å². The van der Waals surface area contributed by atoms with Crippen molar-refractivity contribution in [3.8, 4) is 0 Å². The Morgan fingerprint density at radius 3 is 2.62 bits per heavy atom. The Balaban J connectivity index is 2.88. The normalized spacial score (nSPS) is 10.5. The van der Waals surface area contributed by atoms with Crippen molar-refractivity contribution < 1.29 is 9.32 Å². The van der Waals surface area contributed by atoms with Crippen LogP contribution < -0.4 is 11.2 Å². The van der Waals surface area contributed by atoms with Crippen LogP contribution in [0, 0.1) is 6.92 Å². The average Bonchev–Trinajstić information content (AvgIpc) is 2.29. The van der Waals surface area contributed by atoms with Crippen LogP contribution in [-0.2, 0) is 0 Å². The van der Waals surface area contributed by atoms with Crippen LogP contribution in [0.3, 0.4) is 0 Å². The van der Waals surface area contributed by atoms with Gasteiger partial charge in [-0.1, -0.05) is 5.16 Å². The van der Waals surface area contributed by atoms with Crippen LogP contribution in [0.1, 0.15) is 16.1 Å². The molecular weight excluding hydrogens is 172 g/mol. The average molecular weight is 184 g/mol. The molecule has 1 aromatic heterocycles. The second kappa shape index (κ2) is 3.44. The second-order valence-corrected chi connectivity index (χ2v) is 2.84. The number of nitrogens with zero attached hydrogens (tertiary/aromatic N) is 2. The number of amides is 1. The molecule has 0 atom stereocenters. The third-order valence-electron chi connectivity index (χ3n) is 1.44. The molecule has 72 valence electrons. The number of aromatic nitrogens is 1. The maximum Gasteiger partial charge on any atom is 0.273 e. The van der Waals surface area contributed by atoms with Crippen molar-refractivity contribution in [2.75, 3.05) is 19.8 Å². The number of rotatable bonds is 2. The van der Waals surface area contributed by atoms with Crippen molar-refractivity contribution in [1.29, 1.82) is 0 Å². The Morgan fingerprint density at radius 1 is 1.62 bits per heavy atom. The predicted molar refractivity (Wildman–Crippen MR) is 46.8 cm³/mol. The summed E-state index contributed by atoms with van der Waals surface area (Å²) in [5, 5.41) is 5.09. The number of hydrogen-bond acceptors (Lipinski definition) is 5. The molecule has 0 aliphatic heterocycles. The molecule has 0 saturated carbocycles. The summed E-state index contributed by atoms with van der Waals surface area (Å²) in [6.07, 6.45) is 0. The highest BCUT2D eigenvalue weighted by molar-refractivity contribution is 5.98. The third kappa shape index (κ3) is 1.97. The van der Waals surface area contributed by atoms with Gasteiger partial charge in [0, 0.05) is 14.1 Å². The summed E-state index contributed by atoms with van der Waals surface area (Å²) in [4.78, 5) is 11.4. The van der Waals surface area contributed by atoms with E-state index in [0.29, 0.717) is 5.69 Å². The Bertz CT molecular complexity index is 299. The van der Waals surface area contributed by atoms with Crippen molar-refractivity contribution >= 4 is 11.8 Å². The molecule has 6 heteroatoms. The summed E-state index contributed by atoms with van der Waals surface area (Å²) in [7, 11) is 3.41. The van der Waals surface area contributed by atoms with Crippen LogP contribution in [-0.4, -0.2) is 30.2 Å². The number of nitrogen functional groups attached to an aromatic ring is 1. The van der Waals surface area contributed by atoms with Gasteiger partial charge in [0.05, 0.1) is 5.69 Å². The molecule has 3 N–H and O–H groups in total. The molecule has 0 unspecified atom stereocenters. The van der Waals surface area contributed by atoms with Gasteiger partial charge in [0.15, 0.2) is 0 Å². The number of nitrogens with two attached hydrogens (primary N) is 1. The second-order valence-electron chi connectivity index (χ2n) is 2.84. The SMILES string of the molecule is Cc1noc(N)c1C(=O)NN(C)C. The fourth-order valence-corrected chi connectivity index (χ4v) is 0.922. The van der Waals surface area contributed by atoms with Gasteiger partial charge < -0.3 is 10.3 Å². The molecular formula is C7H12N4O2. The van der Waals surface area contributed by atoms with E-state index >= 15 is 0 Å². The van der Waals surface area contributed by atoms with E-state index in [9.17, 15) is 4.79 Å². The van der Waals surface area contributed by atoms with Gasteiger partial charge in [-0.3, -0.25) is 10.2 Å². The monoisotopic (exact) mass is 184 g/mol. The lowest BCUT2D eigenvalue weighted by atomic mass is 10.2. The van der Waals surface area contributed by atoms with E-state index in [1.54, 1.807) is 21.0 Å². The first kappa shape index (κ1) is 9.53. The molecule has 0 saturated heterocycles. The van der Waals surface area contributed by atoms with Gasteiger partial charge in [-0.15, -0.1) is 0 Å². The van der Waals surface area contributed by atoms with Crippen LogP contribution in [0.15, 0.2) is 4.52 Å². The number of hydrogen-bond donors (Lipinski definition) is 2. The fraction of sp³-hybridized carbons (Fsp3) is 0.429. The lowest BCUT2D eigenvalue weighted by molar-refractivity contribution is 0.0857. The molecule has 1 amide bonds. The zero-order valence-corrected chi connectivity index (χ0v) is 7.79. The van der Waals surface area contributed by atoms with Gasteiger partial charge in [0.1, 0.15) is 5.56 Å². The molecule has 0 spiro atoms. The Morgan fingerprint density at radius 2 is 2.23 bits per heavy atom. The van der Waals surface area contributed by atoms with Crippen molar-refractivity contribution in [1.82, 2.24) is 15.6 Å². The number of hydrazine groups is 1. The first-order valence-electron chi connectivity index (χ1n) is 3.72. The number of carbonyl (C=O) groups excluding carboxylic acids is 1. The Kier molecular flexibility index (Phi) is 2.52. The molecule has 13 heavy (non-hydrogen) atoms. The molecule has 0 bridgehead atoms. The first-order chi connectivity index (χ1) is 6.02. The number of carbonyl (C=O) groups is 1. The van der Waals surface area contributed by atoms with Crippen molar-refractivity contribution in [3.05, 3.63) is 11.3 Å². The van der Waals surface area contributed by atoms with Gasteiger partial charge in [0.2, 0.25) is 5.88 Å². The Labute approximate surface area is 75.6 Å². The van der Waals surface area contributed by atoms with E-state index in [4.69, 9.17) is 5.73 Å². The summed E-state index contributed by atoms with van der Waals surface area (Å²) >= 11 is 0. The van der Waals surface area contributed by atoms with Crippen LogP contribution >= 0.6 is 0 Å². The summed E-state index contributed by atoms with van der Waals surface area (Å²) in [5.74, 6) is -0.280. The van der Waals surface area contributed by atoms with Crippen molar-refractivity contribution in [2.24, 2.45) is 0 Å². The van der Waals surface area contributed by atoms with Crippen LogP contribution in [0.2, 0.25) is 0 Å². The largest absolute Gasteiger partial charge is 0.367 e. The highest BCUT2D eigenvalue weighted by Gasteiger charge is 2.18. The maximum absolute atomic E-state index is 11.4. The van der Waals surface area contributed by atoms with E-state index in [1.165, 1.54) is 5.01 Å².